The van der Waals surface area contributed by atoms with Gasteiger partial charge in [-0.05, 0) is 45.6 Å². The van der Waals surface area contributed by atoms with Crippen LogP contribution in [0.15, 0.2) is 23.3 Å². The third-order valence-electron chi connectivity index (χ3n) is 3.81. The van der Waals surface area contributed by atoms with E-state index in [1.807, 2.05) is 18.0 Å². The number of aromatic nitrogens is 1. The van der Waals surface area contributed by atoms with Crippen LogP contribution in [0.2, 0.25) is 0 Å². The molecule has 0 aromatic carbocycles. The van der Waals surface area contributed by atoms with Crippen molar-refractivity contribution in [1.29, 1.82) is 0 Å². The summed E-state index contributed by atoms with van der Waals surface area (Å²) in [6.45, 7) is 12.3. The van der Waals surface area contributed by atoms with E-state index in [-0.39, 0.29) is 28.7 Å². The average Bonchev–Trinajstić information content (AvgIpc) is 2.57. The Labute approximate surface area is 168 Å². The number of pyridine rings is 1. The van der Waals surface area contributed by atoms with E-state index in [2.05, 4.69) is 71.6 Å². The minimum Gasteiger partial charge on any atom is -0.357 e. The van der Waals surface area contributed by atoms with Crippen LogP contribution in [0.5, 0.6) is 0 Å². The predicted molar refractivity (Wildman–Crippen MR) is 119 cm³/mol. The van der Waals surface area contributed by atoms with Crippen molar-refractivity contribution in [2.24, 2.45) is 4.99 Å². The van der Waals surface area contributed by atoms with Crippen LogP contribution in [0.4, 0.5) is 5.82 Å². The molecule has 138 valence electrons. The Hall–Kier alpha value is -0.700. The number of nitrogens with zero attached hydrogens (tertiary/aromatic N) is 3. The van der Waals surface area contributed by atoms with Crippen molar-refractivity contribution in [1.82, 2.24) is 15.6 Å². The number of aliphatic imine (C=N–C) groups is 1. The van der Waals surface area contributed by atoms with E-state index < -0.39 is 0 Å². The van der Waals surface area contributed by atoms with Crippen LogP contribution in [-0.4, -0.2) is 48.6 Å². The Morgan fingerprint density at radius 2 is 1.92 bits per heavy atom. The molecular weight excluding hydrogens is 433 g/mol. The van der Waals surface area contributed by atoms with Crippen LogP contribution in [0.1, 0.15) is 33.3 Å². The molecule has 0 aliphatic rings. The third kappa shape index (κ3) is 7.92. The Bertz CT molecular complexity index is 486. The summed E-state index contributed by atoms with van der Waals surface area (Å²) in [7, 11) is 1.79. The number of thioether (sulfide) groups is 1. The van der Waals surface area contributed by atoms with E-state index in [1.54, 1.807) is 7.05 Å². The maximum absolute atomic E-state index is 4.55. The van der Waals surface area contributed by atoms with Crippen molar-refractivity contribution in [2.45, 2.75) is 39.0 Å². The number of rotatable bonds is 8. The number of guanidine groups is 1. The molecule has 0 unspecified atom stereocenters. The van der Waals surface area contributed by atoms with Gasteiger partial charge in [0.05, 0.1) is 0 Å². The van der Waals surface area contributed by atoms with Gasteiger partial charge in [0, 0.05) is 44.2 Å². The van der Waals surface area contributed by atoms with Gasteiger partial charge in [0.2, 0.25) is 0 Å². The van der Waals surface area contributed by atoms with Gasteiger partial charge >= 0.3 is 0 Å². The second kappa shape index (κ2) is 11.8. The fraction of sp³-hybridized carbons (Fsp3) is 0.647. The third-order valence-corrected chi connectivity index (χ3v) is 5.06. The second-order valence-corrected chi connectivity index (χ2v) is 7.45. The molecule has 1 heterocycles. The Morgan fingerprint density at radius 1 is 1.25 bits per heavy atom. The van der Waals surface area contributed by atoms with E-state index in [1.165, 1.54) is 0 Å². The Balaban J connectivity index is 0.00000529. The molecule has 0 spiro atoms. The normalized spacial score (nSPS) is 11.7. The quantitative estimate of drug-likeness (QED) is 0.351. The summed E-state index contributed by atoms with van der Waals surface area (Å²) in [6.07, 6.45) is 4.06. The van der Waals surface area contributed by atoms with Crippen LogP contribution in [-0.2, 0) is 6.54 Å². The SMILES string of the molecule is CCN(CC)c1ccc(CNC(=NC)NCC(C)(C)SC)cn1.I. The van der Waals surface area contributed by atoms with Crippen molar-refractivity contribution in [2.75, 3.05) is 37.8 Å². The standard InChI is InChI=1S/C17H31N5S.HI/c1-7-22(8-2)15-10-9-14(11-19-15)12-20-16(18-5)21-13-17(3,4)23-6;/h9-11H,7-8,12-13H2,1-6H3,(H2,18,20,21);1H. The summed E-state index contributed by atoms with van der Waals surface area (Å²) in [5.74, 6) is 1.85. The number of hydrogen-bond donors (Lipinski definition) is 2. The maximum Gasteiger partial charge on any atom is 0.191 e. The van der Waals surface area contributed by atoms with E-state index in [0.717, 1.165) is 37.0 Å². The molecule has 2 N–H and O–H groups in total. The highest BCUT2D eigenvalue weighted by molar-refractivity contribution is 14.0. The molecule has 1 aromatic heterocycles. The number of hydrogen-bond acceptors (Lipinski definition) is 4. The van der Waals surface area contributed by atoms with Gasteiger partial charge in [-0.15, -0.1) is 24.0 Å². The van der Waals surface area contributed by atoms with Crippen LogP contribution in [0, 0.1) is 0 Å². The lowest BCUT2D eigenvalue weighted by molar-refractivity contribution is 0.664. The summed E-state index contributed by atoms with van der Waals surface area (Å²) < 4.78 is 0.185. The summed E-state index contributed by atoms with van der Waals surface area (Å²) in [4.78, 5) is 11.1. The van der Waals surface area contributed by atoms with Gasteiger partial charge in [0.15, 0.2) is 5.96 Å². The topological polar surface area (TPSA) is 52.5 Å². The zero-order chi connectivity index (χ0) is 17.3. The summed E-state index contributed by atoms with van der Waals surface area (Å²) in [5.41, 5.74) is 1.15. The molecule has 1 rings (SSSR count). The van der Waals surface area contributed by atoms with Crippen molar-refractivity contribution in [3.05, 3.63) is 23.9 Å². The van der Waals surface area contributed by atoms with Crippen LogP contribution in [0.3, 0.4) is 0 Å². The molecular formula is C17H32IN5S. The van der Waals surface area contributed by atoms with Crippen LogP contribution < -0.4 is 15.5 Å². The highest BCUT2D eigenvalue weighted by Gasteiger charge is 2.16. The Morgan fingerprint density at radius 3 is 2.38 bits per heavy atom. The van der Waals surface area contributed by atoms with Crippen molar-refractivity contribution in [3.63, 3.8) is 0 Å². The second-order valence-electron chi connectivity index (χ2n) is 5.94. The highest BCUT2D eigenvalue weighted by Crippen LogP contribution is 2.19. The van der Waals surface area contributed by atoms with E-state index in [9.17, 15) is 0 Å². The first-order valence-corrected chi connectivity index (χ1v) is 9.37. The van der Waals surface area contributed by atoms with Crippen molar-refractivity contribution in [3.8, 4) is 0 Å². The predicted octanol–water partition coefficient (Wildman–Crippen LogP) is 3.35. The van der Waals surface area contributed by atoms with Gasteiger partial charge in [0.25, 0.3) is 0 Å². The maximum atomic E-state index is 4.55. The number of halogens is 1. The smallest absolute Gasteiger partial charge is 0.191 e. The average molecular weight is 465 g/mol. The minimum absolute atomic E-state index is 0. The molecule has 0 saturated carbocycles. The zero-order valence-electron chi connectivity index (χ0n) is 15.7. The van der Waals surface area contributed by atoms with Gasteiger partial charge in [-0.2, -0.15) is 11.8 Å². The minimum atomic E-state index is 0. The zero-order valence-corrected chi connectivity index (χ0v) is 18.9. The van der Waals surface area contributed by atoms with Gasteiger partial charge in [-0.3, -0.25) is 4.99 Å². The molecule has 7 heteroatoms. The summed E-state index contributed by atoms with van der Waals surface area (Å²) in [6, 6.07) is 4.20. The first-order valence-electron chi connectivity index (χ1n) is 8.15. The van der Waals surface area contributed by atoms with Crippen molar-refractivity contribution < 1.29 is 0 Å². The van der Waals surface area contributed by atoms with Gasteiger partial charge in [-0.1, -0.05) is 6.07 Å². The van der Waals surface area contributed by atoms with Gasteiger partial charge in [0.1, 0.15) is 5.82 Å². The molecule has 24 heavy (non-hydrogen) atoms. The lowest BCUT2D eigenvalue weighted by atomic mass is 10.2. The molecule has 1 aromatic rings. The van der Waals surface area contributed by atoms with Crippen LogP contribution in [0.25, 0.3) is 0 Å². The Kier molecular flexibility index (Phi) is 11.4. The summed E-state index contributed by atoms with van der Waals surface area (Å²) >= 11 is 1.84. The molecule has 0 atom stereocenters. The van der Waals surface area contributed by atoms with Crippen LogP contribution >= 0.6 is 35.7 Å². The number of nitrogens with one attached hydrogen (secondary N) is 2. The van der Waals surface area contributed by atoms with E-state index in [4.69, 9.17) is 0 Å². The fourth-order valence-electron chi connectivity index (χ4n) is 2.03. The first-order chi connectivity index (χ1) is 11.0. The van der Waals surface area contributed by atoms with Crippen molar-refractivity contribution >= 4 is 47.5 Å². The lowest BCUT2D eigenvalue weighted by Gasteiger charge is -2.23. The largest absolute Gasteiger partial charge is 0.357 e. The molecule has 0 aliphatic carbocycles. The first kappa shape index (κ1) is 23.3. The molecule has 0 fully saturated rings. The highest BCUT2D eigenvalue weighted by atomic mass is 127. The fourth-order valence-corrected chi connectivity index (χ4v) is 2.25. The monoisotopic (exact) mass is 465 g/mol. The van der Waals surface area contributed by atoms with Gasteiger partial charge in [-0.25, -0.2) is 4.98 Å². The van der Waals surface area contributed by atoms with E-state index >= 15 is 0 Å². The van der Waals surface area contributed by atoms with Gasteiger partial charge < -0.3 is 15.5 Å². The molecule has 0 amide bonds. The molecule has 5 nitrogen and oxygen atoms in total. The lowest BCUT2D eigenvalue weighted by Crippen LogP contribution is -2.43. The number of anilines is 1. The van der Waals surface area contributed by atoms with E-state index in [0.29, 0.717) is 6.54 Å². The summed E-state index contributed by atoms with van der Waals surface area (Å²) in [5, 5.41) is 6.70. The molecule has 0 radical (unpaired) electrons. The molecule has 0 aliphatic heterocycles. The molecule has 0 bridgehead atoms. The molecule has 0 saturated heterocycles.